The molecule has 0 atom stereocenters. The molecule has 0 aromatic carbocycles. The van der Waals surface area contributed by atoms with Crippen molar-refractivity contribution in [2.45, 2.75) is 13.0 Å². The molecule has 1 fully saturated rings. The molecule has 1 aromatic rings. The highest BCUT2D eigenvalue weighted by atomic mass is 32.2. The summed E-state index contributed by atoms with van der Waals surface area (Å²) in [4.78, 5) is 23.7. The van der Waals surface area contributed by atoms with E-state index < -0.39 is 34.5 Å². The molecule has 114 valence electrons. The molecule has 21 heavy (non-hydrogen) atoms. The Balaban J connectivity index is 2.25. The second-order valence-corrected chi connectivity index (χ2v) is 5.86. The van der Waals surface area contributed by atoms with Crippen molar-refractivity contribution in [3.63, 3.8) is 0 Å². The molecule has 1 N–H and O–H groups in total. The number of hydrogen-bond donors (Lipinski definition) is 1. The quantitative estimate of drug-likeness (QED) is 0.746. The van der Waals surface area contributed by atoms with Crippen LogP contribution in [0.2, 0.25) is 0 Å². The molecule has 0 bridgehead atoms. The highest BCUT2D eigenvalue weighted by molar-refractivity contribution is 7.85. The fourth-order valence-corrected chi connectivity index (χ4v) is 1.96. The van der Waals surface area contributed by atoms with E-state index in [1.165, 1.54) is 0 Å². The third-order valence-corrected chi connectivity index (χ3v) is 3.14. The Morgan fingerprint density at radius 2 is 2.19 bits per heavy atom. The standard InChI is InChI=1S/C10H11FN4O5S/c1-21(18,19)20-5-6-9(11)7(4-12-14-6)15-3-2-8(16)13-10(15)17/h4H,2-3,5H2,1H3,(H,13,16,17). The van der Waals surface area contributed by atoms with Crippen molar-refractivity contribution in [1.82, 2.24) is 15.5 Å². The number of urea groups is 1. The molecule has 1 aromatic heterocycles. The van der Waals surface area contributed by atoms with Gasteiger partial charge in [-0.3, -0.25) is 19.2 Å². The van der Waals surface area contributed by atoms with E-state index >= 15 is 0 Å². The number of nitrogens with zero attached hydrogens (tertiary/aromatic N) is 3. The van der Waals surface area contributed by atoms with Crippen molar-refractivity contribution in [3.05, 3.63) is 17.7 Å². The first kappa shape index (κ1) is 15.3. The first-order valence-electron chi connectivity index (χ1n) is 5.74. The summed E-state index contributed by atoms with van der Waals surface area (Å²) in [6.45, 7) is -0.653. The van der Waals surface area contributed by atoms with Crippen molar-refractivity contribution < 1.29 is 26.6 Å². The minimum Gasteiger partial charge on any atom is -0.289 e. The van der Waals surface area contributed by atoms with Gasteiger partial charge in [0, 0.05) is 13.0 Å². The van der Waals surface area contributed by atoms with Gasteiger partial charge in [0.25, 0.3) is 10.1 Å². The average molecular weight is 318 g/mol. The van der Waals surface area contributed by atoms with Crippen LogP contribution >= 0.6 is 0 Å². The van der Waals surface area contributed by atoms with Crippen LogP contribution < -0.4 is 10.2 Å². The highest BCUT2D eigenvalue weighted by Gasteiger charge is 2.28. The maximum Gasteiger partial charge on any atom is 0.328 e. The Bertz CT molecular complexity index is 693. The molecule has 0 radical (unpaired) electrons. The minimum atomic E-state index is -3.77. The van der Waals surface area contributed by atoms with E-state index in [1.807, 2.05) is 5.32 Å². The molecule has 0 aliphatic carbocycles. The molecular weight excluding hydrogens is 307 g/mol. The molecule has 0 saturated carbocycles. The van der Waals surface area contributed by atoms with Gasteiger partial charge in [0.15, 0.2) is 5.82 Å². The summed E-state index contributed by atoms with van der Waals surface area (Å²) >= 11 is 0. The summed E-state index contributed by atoms with van der Waals surface area (Å²) in [5, 5.41) is 8.98. The predicted molar refractivity (Wildman–Crippen MR) is 67.1 cm³/mol. The van der Waals surface area contributed by atoms with E-state index in [-0.39, 0.29) is 24.3 Å². The number of imide groups is 1. The molecule has 1 aliphatic rings. The lowest BCUT2D eigenvalue weighted by molar-refractivity contribution is -0.120. The zero-order valence-electron chi connectivity index (χ0n) is 10.9. The SMILES string of the molecule is CS(=O)(=O)OCc1nncc(N2CCC(=O)NC2=O)c1F. The van der Waals surface area contributed by atoms with Crippen LogP contribution in [0.3, 0.4) is 0 Å². The molecule has 3 amide bonds. The fourth-order valence-electron chi connectivity index (χ4n) is 1.64. The number of anilines is 1. The van der Waals surface area contributed by atoms with Crippen molar-refractivity contribution in [3.8, 4) is 0 Å². The van der Waals surface area contributed by atoms with Gasteiger partial charge >= 0.3 is 6.03 Å². The lowest BCUT2D eigenvalue weighted by Crippen LogP contribution is -2.50. The zero-order chi connectivity index (χ0) is 15.6. The number of aromatic nitrogens is 2. The number of hydrogen-bond acceptors (Lipinski definition) is 7. The summed E-state index contributed by atoms with van der Waals surface area (Å²) in [5.41, 5.74) is -0.565. The van der Waals surface area contributed by atoms with Crippen LogP contribution in [0.5, 0.6) is 0 Å². The molecule has 0 unspecified atom stereocenters. The smallest absolute Gasteiger partial charge is 0.289 e. The summed E-state index contributed by atoms with van der Waals surface area (Å²) in [5.74, 6) is -1.39. The van der Waals surface area contributed by atoms with Crippen LogP contribution in [0.15, 0.2) is 6.20 Å². The summed E-state index contributed by atoms with van der Waals surface area (Å²) in [6, 6.07) is -0.784. The Morgan fingerprint density at radius 1 is 1.48 bits per heavy atom. The van der Waals surface area contributed by atoms with E-state index in [0.717, 1.165) is 17.4 Å². The first-order valence-corrected chi connectivity index (χ1v) is 7.55. The predicted octanol–water partition coefficient (Wildman–Crippen LogP) is -0.462. The molecule has 1 aliphatic heterocycles. The van der Waals surface area contributed by atoms with Gasteiger partial charge in [0.05, 0.1) is 12.5 Å². The van der Waals surface area contributed by atoms with Crippen molar-refractivity contribution in [1.29, 1.82) is 0 Å². The topological polar surface area (TPSA) is 119 Å². The number of amides is 3. The van der Waals surface area contributed by atoms with Crippen LogP contribution in [0.1, 0.15) is 12.1 Å². The van der Waals surface area contributed by atoms with Gasteiger partial charge in [-0.2, -0.15) is 13.5 Å². The van der Waals surface area contributed by atoms with Crippen LogP contribution in [0.25, 0.3) is 0 Å². The summed E-state index contributed by atoms with van der Waals surface area (Å²) < 4.78 is 40.4. The van der Waals surface area contributed by atoms with Crippen LogP contribution in [-0.2, 0) is 25.7 Å². The van der Waals surface area contributed by atoms with Crippen LogP contribution in [0, 0.1) is 5.82 Å². The fraction of sp³-hybridized carbons (Fsp3) is 0.400. The van der Waals surface area contributed by atoms with E-state index in [1.54, 1.807) is 0 Å². The largest absolute Gasteiger partial charge is 0.328 e. The van der Waals surface area contributed by atoms with E-state index in [9.17, 15) is 22.4 Å². The van der Waals surface area contributed by atoms with Gasteiger partial charge in [-0.05, 0) is 0 Å². The summed E-state index contributed by atoms with van der Waals surface area (Å²) in [7, 11) is -3.77. The lowest BCUT2D eigenvalue weighted by Gasteiger charge is -2.26. The van der Waals surface area contributed by atoms with Gasteiger partial charge in [0.1, 0.15) is 18.0 Å². The van der Waals surface area contributed by atoms with Gasteiger partial charge in [-0.25, -0.2) is 9.18 Å². The van der Waals surface area contributed by atoms with E-state index in [4.69, 9.17) is 0 Å². The Hall–Kier alpha value is -2.14. The third kappa shape index (κ3) is 3.70. The maximum absolute atomic E-state index is 14.2. The van der Waals surface area contributed by atoms with Gasteiger partial charge in [-0.15, -0.1) is 5.10 Å². The van der Waals surface area contributed by atoms with Crippen molar-refractivity contribution in [2.24, 2.45) is 0 Å². The highest BCUT2D eigenvalue weighted by Crippen LogP contribution is 2.22. The third-order valence-electron chi connectivity index (χ3n) is 2.59. The molecule has 2 rings (SSSR count). The molecular formula is C10H11FN4O5S. The molecule has 1 saturated heterocycles. The lowest BCUT2D eigenvalue weighted by atomic mass is 10.2. The van der Waals surface area contributed by atoms with Gasteiger partial charge in [0.2, 0.25) is 5.91 Å². The van der Waals surface area contributed by atoms with Crippen molar-refractivity contribution in [2.75, 3.05) is 17.7 Å². The number of halogens is 1. The molecule has 9 nitrogen and oxygen atoms in total. The van der Waals surface area contributed by atoms with E-state index in [0.29, 0.717) is 0 Å². The molecule has 11 heteroatoms. The summed E-state index contributed by atoms with van der Waals surface area (Å²) in [6.07, 6.45) is 1.84. The molecule has 0 spiro atoms. The Labute approximate surface area is 119 Å². The average Bonchev–Trinajstić information content (AvgIpc) is 2.37. The normalized spacial score (nSPS) is 16.0. The minimum absolute atomic E-state index is 0.0142. The van der Waals surface area contributed by atoms with Crippen molar-refractivity contribution >= 4 is 27.7 Å². The maximum atomic E-state index is 14.2. The number of carbonyl (C=O) groups is 2. The number of nitrogens with one attached hydrogen (secondary N) is 1. The number of rotatable bonds is 4. The second-order valence-electron chi connectivity index (χ2n) is 4.21. The first-order chi connectivity index (χ1) is 9.78. The Morgan fingerprint density at radius 3 is 2.81 bits per heavy atom. The van der Waals surface area contributed by atoms with E-state index in [2.05, 4.69) is 14.4 Å². The number of carbonyl (C=O) groups excluding carboxylic acids is 2. The van der Waals surface area contributed by atoms with Gasteiger partial charge in [-0.1, -0.05) is 0 Å². The monoisotopic (exact) mass is 318 g/mol. The van der Waals surface area contributed by atoms with Gasteiger partial charge < -0.3 is 0 Å². The Kier molecular flexibility index (Phi) is 4.14. The van der Waals surface area contributed by atoms with Crippen LogP contribution in [0.4, 0.5) is 14.9 Å². The molecule has 2 heterocycles. The second kappa shape index (κ2) is 5.69. The van der Waals surface area contributed by atoms with Crippen LogP contribution in [-0.4, -0.2) is 43.4 Å². The zero-order valence-corrected chi connectivity index (χ0v) is 11.7.